The van der Waals surface area contributed by atoms with Crippen LogP contribution in [0.3, 0.4) is 0 Å². The van der Waals surface area contributed by atoms with Crippen LogP contribution in [0, 0.1) is 0 Å². The third kappa shape index (κ3) is 6.13. The lowest BCUT2D eigenvalue weighted by Crippen LogP contribution is -2.45. The topological polar surface area (TPSA) is 138 Å². The van der Waals surface area contributed by atoms with Crippen LogP contribution in [0.2, 0.25) is 0 Å². The van der Waals surface area contributed by atoms with E-state index < -0.39 is 15.8 Å². The normalized spacial score (nSPS) is 17.3. The first-order valence-corrected chi connectivity index (χ1v) is 14.7. The van der Waals surface area contributed by atoms with Crippen LogP contribution in [0.4, 0.5) is 17.2 Å². The third-order valence-electron chi connectivity index (χ3n) is 7.02. The number of amides is 2. The van der Waals surface area contributed by atoms with Crippen molar-refractivity contribution in [3.05, 3.63) is 83.6 Å². The van der Waals surface area contributed by atoms with Gasteiger partial charge in [0.25, 0.3) is 5.91 Å². The zero-order valence-electron chi connectivity index (χ0n) is 22.6. The maximum Gasteiger partial charge on any atom is 0.356 e. The van der Waals surface area contributed by atoms with Crippen molar-refractivity contribution in [2.45, 2.75) is 0 Å². The number of aromatic nitrogens is 1. The van der Waals surface area contributed by atoms with Gasteiger partial charge in [0.15, 0.2) is 15.5 Å². The van der Waals surface area contributed by atoms with Crippen molar-refractivity contribution in [2.75, 3.05) is 60.8 Å². The molecule has 11 nitrogen and oxygen atoms in total. The number of nitrogens with one attached hydrogen (secondary N) is 2. The van der Waals surface area contributed by atoms with Crippen molar-refractivity contribution in [3.63, 3.8) is 0 Å². The number of hydrogen-bond acceptors (Lipinski definition) is 9. The molecule has 0 bridgehead atoms. The summed E-state index contributed by atoms with van der Waals surface area (Å²) in [5, 5.41) is 6.10. The van der Waals surface area contributed by atoms with Crippen molar-refractivity contribution < 1.29 is 27.5 Å². The Balaban J connectivity index is 1.39. The van der Waals surface area contributed by atoms with E-state index in [0.29, 0.717) is 41.3 Å². The van der Waals surface area contributed by atoms with Crippen LogP contribution in [-0.4, -0.2) is 81.4 Å². The van der Waals surface area contributed by atoms with Crippen LogP contribution in [0.15, 0.2) is 66.7 Å². The van der Waals surface area contributed by atoms with Gasteiger partial charge < -0.3 is 20.3 Å². The first kappa shape index (κ1) is 28.0. The van der Waals surface area contributed by atoms with Gasteiger partial charge in [-0.25, -0.2) is 18.2 Å². The zero-order chi connectivity index (χ0) is 29.1. The standard InChI is InChI=1S/C29H29N5O6S/c1-33(24(35)18-34-14-16-41(38,39)17-15-34)21-10-8-20(9-11-21)30-26(19-6-4-3-5-7-19)25-22-12-13-23(29(37)40-2)31-27(22)32-28(25)36/h3-13,30H,14-18H2,1-2H3,(H,31,32,36). The fraction of sp³-hybridized carbons (Fsp3) is 0.241. The molecule has 0 saturated carbocycles. The highest BCUT2D eigenvalue weighted by Crippen LogP contribution is 2.37. The number of anilines is 3. The minimum absolute atomic E-state index is 0.0641. The van der Waals surface area contributed by atoms with Gasteiger partial charge in [-0.05, 0) is 42.0 Å². The molecule has 1 aromatic heterocycles. The molecule has 0 unspecified atom stereocenters. The van der Waals surface area contributed by atoms with Gasteiger partial charge in [0, 0.05) is 37.1 Å². The average molecular weight is 576 g/mol. The predicted octanol–water partition coefficient (Wildman–Crippen LogP) is 2.49. The number of esters is 1. The molecule has 2 N–H and O–H groups in total. The molecule has 0 atom stereocenters. The summed E-state index contributed by atoms with van der Waals surface area (Å²) in [5.41, 5.74) is 3.66. The molecule has 3 heterocycles. The Morgan fingerprint density at radius 3 is 2.37 bits per heavy atom. The number of benzene rings is 2. The predicted molar refractivity (Wildman–Crippen MR) is 156 cm³/mol. The van der Waals surface area contributed by atoms with Crippen LogP contribution < -0.4 is 15.5 Å². The Bertz CT molecular complexity index is 1620. The van der Waals surface area contributed by atoms with Gasteiger partial charge >= 0.3 is 5.97 Å². The molecule has 2 aliphatic heterocycles. The lowest BCUT2D eigenvalue weighted by molar-refractivity contribution is -0.119. The summed E-state index contributed by atoms with van der Waals surface area (Å²) in [7, 11) is -0.0725. The fourth-order valence-electron chi connectivity index (χ4n) is 4.66. The first-order chi connectivity index (χ1) is 19.6. The van der Waals surface area contributed by atoms with Crippen molar-refractivity contribution in [1.29, 1.82) is 0 Å². The molecule has 212 valence electrons. The number of methoxy groups -OCH3 is 1. The van der Waals surface area contributed by atoms with E-state index >= 15 is 0 Å². The summed E-state index contributed by atoms with van der Waals surface area (Å²) in [6.45, 7) is 0.826. The summed E-state index contributed by atoms with van der Waals surface area (Å²) in [4.78, 5) is 45.6. The van der Waals surface area contributed by atoms with Crippen molar-refractivity contribution in [1.82, 2.24) is 9.88 Å². The minimum Gasteiger partial charge on any atom is -0.464 e. The first-order valence-electron chi connectivity index (χ1n) is 12.9. The molecule has 2 aromatic carbocycles. The highest BCUT2D eigenvalue weighted by atomic mass is 32.2. The Morgan fingerprint density at radius 2 is 1.71 bits per heavy atom. The Labute approximate surface area is 237 Å². The number of likely N-dealkylation sites (N-methyl/N-ethyl adjacent to an activating group) is 1. The average Bonchev–Trinajstić information content (AvgIpc) is 3.31. The van der Waals surface area contributed by atoms with Gasteiger partial charge in [0.1, 0.15) is 5.82 Å². The molecular formula is C29H29N5O6S. The van der Waals surface area contributed by atoms with E-state index in [2.05, 4.69) is 15.6 Å². The van der Waals surface area contributed by atoms with E-state index in [1.807, 2.05) is 47.4 Å². The minimum atomic E-state index is -3.02. The van der Waals surface area contributed by atoms with E-state index in [1.54, 1.807) is 25.2 Å². The maximum absolute atomic E-state index is 13.2. The quantitative estimate of drug-likeness (QED) is 0.321. The van der Waals surface area contributed by atoms with Gasteiger partial charge in [-0.3, -0.25) is 14.5 Å². The van der Waals surface area contributed by atoms with Crippen LogP contribution in [-0.2, 0) is 24.2 Å². The largest absolute Gasteiger partial charge is 0.464 e. The molecular weight excluding hydrogens is 546 g/mol. The van der Waals surface area contributed by atoms with E-state index in [1.165, 1.54) is 18.1 Å². The van der Waals surface area contributed by atoms with Gasteiger partial charge in [0.2, 0.25) is 5.91 Å². The van der Waals surface area contributed by atoms with Crippen molar-refractivity contribution in [2.24, 2.45) is 0 Å². The number of hydrogen-bond donors (Lipinski definition) is 2. The monoisotopic (exact) mass is 575 g/mol. The van der Waals surface area contributed by atoms with Crippen LogP contribution in [0.1, 0.15) is 21.6 Å². The molecule has 2 amide bonds. The number of fused-ring (bicyclic) bond motifs is 1. The lowest BCUT2D eigenvalue weighted by atomic mass is 10.0. The molecule has 0 aliphatic carbocycles. The molecule has 41 heavy (non-hydrogen) atoms. The van der Waals surface area contributed by atoms with Crippen molar-refractivity contribution in [3.8, 4) is 0 Å². The summed E-state index contributed by atoms with van der Waals surface area (Å²) in [6.07, 6.45) is 0. The molecule has 12 heteroatoms. The second-order valence-corrected chi connectivity index (χ2v) is 12.0. The molecule has 2 aliphatic rings. The van der Waals surface area contributed by atoms with Crippen LogP contribution in [0.25, 0.3) is 11.3 Å². The molecule has 3 aromatic rings. The summed E-state index contributed by atoms with van der Waals surface area (Å²) in [6, 6.07) is 19.7. The zero-order valence-corrected chi connectivity index (χ0v) is 23.4. The van der Waals surface area contributed by atoms with Gasteiger partial charge in [0.05, 0.1) is 36.4 Å². The highest BCUT2D eigenvalue weighted by Gasteiger charge is 2.31. The number of sulfone groups is 1. The van der Waals surface area contributed by atoms with E-state index in [-0.39, 0.29) is 41.4 Å². The van der Waals surface area contributed by atoms with E-state index in [4.69, 9.17) is 4.74 Å². The van der Waals surface area contributed by atoms with Crippen LogP contribution in [0.5, 0.6) is 0 Å². The smallest absolute Gasteiger partial charge is 0.356 e. The number of rotatable bonds is 7. The molecule has 0 radical (unpaired) electrons. The molecule has 5 rings (SSSR count). The van der Waals surface area contributed by atoms with E-state index in [0.717, 1.165) is 5.56 Å². The number of carbonyl (C=O) groups is 3. The Hall–Kier alpha value is -4.55. The summed E-state index contributed by atoms with van der Waals surface area (Å²) >= 11 is 0. The number of nitrogens with zero attached hydrogens (tertiary/aromatic N) is 3. The van der Waals surface area contributed by atoms with E-state index in [9.17, 15) is 22.8 Å². The maximum atomic E-state index is 13.2. The molecule has 1 saturated heterocycles. The second-order valence-electron chi connectivity index (χ2n) is 9.71. The van der Waals surface area contributed by atoms with Gasteiger partial charge in [-0.1, -0.05) is 30.3 Å². The fourth-order valence-corrected chi connectivity index (χ4v) is 5.94. The van der Waals surface area contributed by atoms with Crippen LogP contribution >= 0.6 is 0 Å². The number of ether oxygens (including phenoxy) is 1. The van der Waals surface area contributed by atoms with Gasteiger partial charge in [-0.2, -0.15) is 0 Å². The molecule has 1 fully saturated rings. The summed E-state index contributed by atoms with van der Waals surface area (Å²) in [5.74, 6) is -0.717. The summed E-state index contributed by atoms with van der Waals surface area (Å²) < 4.78 is 28.1. The second kappa shape index (κ2) is 11.5. The van der Waals surface area contributed by atoms with Gasteiger partial charge in [-0.15, -0.1) is 0 Å². The lowest BCUT2D eigenvalue weighted by Gasteiger charge is -2.28. The number of carbonyl (C=O) groups excluding carboxylic acids is 3. The van der Waals surface area contributed by atoms with Crippen molar-refractivity contribution >= 4 is 56.1 Å². The Morgan fingerprint density at radius 1 is 1.02 bits per heavy atom. The highest BCUT2D eigenvalue weighted by molar-refractivity contribution is 7.91. The SMILES string of the molecule is COC(=O)c1ccc2c(n1)NC(=O)C2=C(Nc1ccc(N(C)C(=O)CN2CCS(=O)(=O)CC2)cc1)c1ccccc1. The molecule has 0 spiro atoms. The Kier molecular flexibility index (Phi) is 7.86. The number of pyridine rings is 1. The third-order valence-corrected chi connectivity index (χ3v) is 8.63.